The molecule has 2 aromatic heterocycles. The van der Waals surface area contributed by atoms with Gasteiger partial charge in [0.15, 0.2) is 0 Å². The van der Waals surface area contributed by atoms with Gasteiger partial charge in [0.1, 0.15) is 6.61 Å². The minimum Gasteiger partial charge on any atom is -0.457 e. The third-order valence-corrected chi connectivity index (χ3v) is 7.78. The second-order valence-corrected chi connectivity index (χ2v) is 11.4. The van der Waals surface area contributed by atoms with E-state index >= 15 is 0 Å². The maximum absolute atomic E-state index is 13.7. The number of ether oxygens (including phenoxy) is 1. The van der Waals surface area contributed by atoms with Gasteiger partial charge in [-0.25, -0.2) is 9.78 Å². The number of rotatable bonds is 4. The molecule has 1 unspecified atom stereocenters. The van der Waals surface area contributed by atoms with Crippen molar-refractivity contribution in [1.29, 1.82) is 5.26 Å². The highest BCUT2D eigenvalue weighted by atomic mass is 32.1. The summed E-state index contributed by atoms with van der Waals surface area (Å²) >= 11 is 1.71. The minimum absolute atomic E-state index is 0.0710. The molecule has 0 amide bonds. The lowest BCUT2D eigenvalue weighted by Gasteiger charge is -2.36. The van der Waals surface area contributed by atoms with Crippen molar-refractivity contribution in [2.24, 2.45) is 11.3 Å². The molecular formula is C31H28N2O2S. The van der Waals surface area contributed by atoms with E-state index in [0.29, 0.717) is 17.0 Å². The second kappa shape index (κ2) is 9.72. The van der Waals surface area contributed by atoms with Crippen LogP contribution in [0.3, 0.4) is 0 Å². The number of para-hydroxylation sites is 1. The Morgan fingerprint density at radius 2 is 1.89 bits per heavy atom. The van der Waals surface area contributed by atoms with Crippen molar-refractivity contribution in [1.82, 2.24) is 4.98 Å². The number of allylic oxidation sites excluding steroid dienone is 1. The molecule has 4 nitrogen and oxygen atoms in total. The predicted octanol–water partition coefficient (Wildman–Crippen LogP) is 7.67. The number of hydrogen-bond donors (Lipinski definition) is 0. The van der Waals surface area contributed by atoms with Gasteiger partial charge in [0, 0.05) is 10.3 Å². The highest BCUT2D eigenvalue weighted by molar-refractivity contribution is 7.10. The highest BCUT2D eigenvalue weighted by Gasteiger charge is 2.35. The van der Waals surface area contributed by atoms with Crippen molar-refractivity contribution in [3.63, 3.8) is 0 Å². The van der Waals surface area contributed by atoms with Gasteiger partial charge < -0.3 is 4.74 Å². The van der Waals surface area contributed by atoms with Crippen molar-refractivity contribution >= 4 is 39.9 Å². The molecule has 0 N–H and O–H groups in total. The van der Waals surface area contributed by atoms with E-state index in [2.05, 4.69) is 50.4 Å². The molecule has 0 saturated carbocycles. The summed E-state index contributed by atoms with van der Waals surface area (Å²) in [6.45, 7) is 6.95. The summed E-state index contributed by atoms with van der Waals surface area (Å²) in [5.41, 5.74) is 5.98. The van der Waals surface area contributed by atoms with E-state index in [-0.39, 0.29) is 18.0 Å². The Hall–Kier alpha value is -3.75. The fourth-order valence-electron chi connectivity index (χ4n) is 4.81. The zero-order valence-corrected chi connectivity index (χ0v) is 21.6. The van der Waals surface area contributed by atoms with Gasteiger partial charge in [-0.2, -0.15) is 5.26 Å². The molecule has 180 valence electrons. The van der Waals surface area contributed by atoms with E-state index in [4.69, 9.17) is 15.0 Å². The van der Waals surface area contributed by atoms with E-state index in [1.54, 1.807) is 23.5 Å². The first-order valence-electron chi connectivity index (χ1n) is 12.2. The molecule has 0 fully saturated rings. The minimum atomic E-state index is -0.334. The summed E-state index contributed by atoms with van der Waals surface area (Å²) < 4.78 is 5.86. The van der Waals surface area contributed by atoms with Crippen molar-refractivity contribution in [3.8, 4) is 6.07 Å². The molecule has 0 radical (unpaired) electrons. The van der Waals surface area contributed by atoms with Crippen LogP contribution in [0.5, 0.6) is 0 Å². The number of aromatic nitrogens is 1. The summed E-state index contributed by atoms with van der Waals surface area (Å²) in [5.74, 6) is 0.0310. The summed E-state index contributed by atoms with van der Waals surface area (Å²) in [4.78, 5) is 19.9. The fourth-order valence-corrected chi connectivity index (χ4v) is 5.49. The van der Waals surface area contributed by atoms with Gasteiger partial charge in [-0.3, -0.25) is 0 Å². The SMILES string of the molecule is CC(C)(C)C1CC(=Cc2cccs2)c2nc3ccccc3c(C(=O)OCc3ccc(C#N)cc3)c2C1. The molecule has 0 aliphatic heterocycles. The second-order valence-electron chi connectivity index (χ2n) is 10.4. The van der Waals surface area contributed by atoms with Crippen LogP contribution in [-0.2, 0) is 17.8 Å². The number of nitrogens with zero attached hydrogens (tertiary/aromatic N) is 2. The monoisotopic (exact) mass is 492 g/mol. The molecule has 2 aromatic carbocycles. The third-order valence-electron chi connectivity index (χ3n) is 6.96. The van der Waals surface area contributed by atoms with Crippen molar-refractivity contribution in [2.75, 3.05) is 0 Å². The van der Waals surface area contributed by atoms with Crippen molar-refractivity contribution in [2.45, 2.75) is 40.2 Å². The Balaban J connectivity index is 1.61. The molecule has 5 rings (SSSR count). The Labute approximate surface area is 215 Å². The molecule has 1 atom stereocenters. The smallest absolute Gasteiger partial charge is 0.339 e. The van der Waals surface area contributed by atoms with E-state index < -0.39 is 0 Å². The zero-order valence-electron chi connectivity index (χ0n) is 20.7. The molecule has 36 heavy (non-hydrogen) atoms. The van der Waals surface area contributed by atoms with Gasteiger partial charge in [0.2, 0.25) is 0 Å². The fraction of sp³-hybridized carbons (Fsp3) is 0.258. The van der Waals surface area contributed by atoms with Crippen LogP contribution in [0.4, 0.5) is 0 Å². The lowest BCUT2D eigenvalue weighted by molar-refractivity contribution is 0.0472. The van der Waals surface area contributed by atoms with Crippen LogP contribution in [0.15, 0.2) is 66.0 Å². The number of pyridine rings is 1. The van der Waals surface area contributed by atoms with Crippen LogP contribution >= 0.6 is 11.3 Å². The number of thiophene rings is 1. The number of benzene rings is 2. The Bertz CT molecular complexity index is 1490. The van der Waals surface area contributed by atoms with Crippen LogP contribution < -0.4 is 0 Å². The number of hydrogen-bond acceptors (Lipinski definition) is 5. The maximum atomic E-state index is 13.7. The first-order valence-corrected chi connectivity index (χ1v) is 13.0. The molecule has 1 aliphatic rings. The van der Waals surface area contributed by atoms with E-state index in [0.717, 1.165) is 40.6 Å². The number of carbonyl (C=O) groups excluding carboxylic acids is 1. The van der Waals surface area contributed by atoms with Crippen LogP contribution in [0.25, 0.3) is 22.6 Å². The highest BCUT2D eigenvalue weighted by Crippen LogP contribution is 2.45. The number of nitriles is 1. The van der Waals surface area contributed by atoms with Gasteiger partial charge in [0.05, 0.1) is 28.4 Å². The molecule has 5 heteroatoms. The third kappa shape index (κ3) is 4.82. The molecule has 4 aromatic rings. The van der Waals surface area contributed by atoms with Gasteiger partial charge in [-0.1, -0.05) is 57.2 Å². The van der Waals surface area contributed by atoms with Crippen LogP contribution in [-0.4, -0.2) is 11.0 Å². The molecule has 1 aliphatic carbocycles. The van der Waals surface area contributed by atoms with E-state index in [1.165, 1.54) is 10.5 Å². The summed E-state index contributed by atoms with van der Waals surface area (Å²) in [5, 5.41) is 11.9. The molecule has 2 heterocycles. The lowest BCUT2D eigenvalue weighted by Crippen LogP contribution is -2.28. The molecule has 0 spiro atoms. The van der Waals surface area contributed by atoms with Crippen molar-refractivity contribution in [3.05, 3.63) is 98.9 Å². The van der Waals surface area contributed by atoms with Gasteiger partial charge in [-0.15, -0.1) is 11.3 Å². The van der Waals surface area contributed by atoms with Crippen LogP contribution in [0.2, 0.25) is 0 Å². The first-order chi connectivity index (χ1) is 17.3. The number of fused-ring (bicyclic) bond motifs is 2. The quantitative estimate of drug-likeness (QED) is 0.274. The number of carbonyl (C=O) groups is 1. The number of esters is 1. The maximum Gasteiger partial charge on any atom is 0.339 e. The largest absolute Gasteiger partial charge is 0.457 e. The topological polar surface area (TPSA) is 63.0 Å². The van der Waals surface area contributed by atoms with Gasteiger partial charge in [-0.05, 0) is 76.6 Å². The lowest BCUT2D eigenvalue weighted by atomic mass is 9.69. The zero-order chi connectivity index (χ0) is 25.3. The molecular weight excluding hydrogens is 464 g/mol. The summed E-state index contributed by atoms with van der Waals surface area (Å²) in [7, 11) is 0. The summed E-state index contributed by atoms with van der Waals surface area (Å²) in [6.07, 6.45) is 3.92. The molecule has 0 saturated heterocycles. The average molecular weight is 493 g/mol. The van der Waals surface area contributed by atoms with Gasteiger partial charge >= 0.3 is 5.97 Å². The summed E-state index contributed by atoms with van der Waals surface area (Å²) in [6, 6.07) is 21.2. The van der Waals surface area contributed by atoms with E-state index in [1.807, 2.05) is 36.4 Å². The normalized spacial score (nSPS) is 16.5. The Morgan fingerprint density at radius 3 is 2.58 bits per heavy atom. The molecule has 0 bridgehead atoms. The van der Waals surface area contributed by atoms with Gasteiger partial charge in [0.25, 0.3) is 0 Å². The predicted molar refractivity (Wildman–Crippen MR) is 145 cm³/mol. The average Bonchev–Trinajstić information content (AvgIpc) is 3.39. The Morgan fingerprint density at radius 1 is 1.11 bits per heavy atom. The van der Waals surface area contributed by atoms with E-state index in [9.17, 15) is 4.79 Å². The van der Waals surface area contributed by atoms with Crippen LogP contribution in [0, 0.1) is 22.7 Å². The standard InChI is InChI=1S/C31H28N2O2S/c1-31(2,3)23-15-22(16-24-7-6-14-36-24)29-26(17-23)28(25-8-4-5-9-27(25)33-29)30(34)35-19-21-12-10-20(18-32)11-13-21/h4-14,16,23H,15,17,19H2,1-3H3. The Kier molecular flexibility index (Phi) is 6.47. The van der Waals surface area contributed by atoms with Crippen molar-refractivity contribution < 1.29 is 9.53 Å². The first kappa shape index (κ1) is 24.0. The van der Waals surface area contributed by atoms with Crippen LogP contribution in [0.1, 0.15) is 64.8 Å².